The number of rotatable bonds is 6. The minimum atomic E-state index is -0.377. The summed E-state index contributed by atoms with van der Waals surface area (Å²) in [6, 6.07) is 9.61. The molecule has 0 bridgehead atoms. The van der Waals surface area contributed by atoms with Crippen LogP contribution in [0.1, 0.15) is 39.2 Å². The third kappa shape index (κ3) is 4.45. The van der Waals surface area contributed by atoms with Crippen molar-refractivity contribution >= 4 is 52.5 Å². The number of aromatic nitrogens is 3. The summed E-state index contributed by atoms with van der Waals surface area (Å²) in [7, 11) is 0. The predicted molar refractivity (Wildman–Crippen MR) is 126 cm³/mol. The van der Waals surface area contributed by atoms with Gasteiger partial charge in [-0.25, -0.2) is 4.98 Å². The Morgan fingerprint density at radius 2 is 2.09 bits per heavy atom. The summed E-state index contributed by atoms with van der Waals surface area (Å²) in [6.07, 6.45) is 5.82. The molecule has 0 radical (unpaired) electrons. The molecule has 5 rings (SSSR count). The molecule has 1 atom stereocenters. The van der Waals surface area contributed by atoms with Gasteiger partial charge in [0.1, 0.15) is 11.6 Å². The second kappa shape index (κ2) is 8.63. The zero-order chi connectivity index (χ0) is 21.5. The van der Waals surface area contributed by atoms with Crippen LogP contribution in [0.5, 0.6) is 0 Å². The molecule has 2 aromatic heterocycles. The van der Waals surface area contributed by atoms with Crippen LogP contribution in [0, 0.1) is 5.92 Å². The van der Waals surface area contributed by atoms with Crippen LogP contribution in [0.4, 0.5) is 17.3 Å². The number of nitrogens with zero attached hydrogens (tertiary/aromatic N) is 3. The summed E-state index contributed by atoms with van der Waals surface area (Å²) >= 11 is 6.12. The smallest absolute Gasteiger partial charge is 0.254 e. The first-order valence-corrected chi connectivity index (χ1v) is 10.6. The Morgan fingerprint density at radius 1 is 1.28 bits per heavy atom. The fourth-order valence-corrected chi connectivity index (χ4v) is 3.91. The molecule has 166 valence electrons. The van der Waals surface area contributed by atoms with Crippen LogP contribution in [-0.2, 0) is 9.59 Å². The average Bonchev–Trinajstić information content (AvgIpc) is 3.42. The van der Waals surface area contributed by atoms with Crippen molar-refractivity contribution in [2.24, 2.45) is 5.92 Å². The SMILES string of the molecule is C.C[C@H](Nc1cc(Nc2cccc(Cl)c2)nc2c(/C=C3\CC(=O)NC3=O)cnn12)C1CC1. The van der Waals surface area contributed by atoms with Crippen LogP contribution < -0.4 is 16.0 Å². The molecule has 2 aliphatic rings. The van der Waals surface area contributed by atoms with Gasteiger partial charge in [0.15, 0.2) is 5.65 Å². The predicted octanol–water partition coefficient (Wildman–Crippen LogP) is 4.40. The lowest BCUT2D eigenvalue weighted by Gasteiger charge is -2.17. The minimum absolute atomic E-state index is 0. The minimum Gasteiger partial charge on any atom is -0.367 e. The highest BCUT2D eigenvalue weighted by Gasteiger charge is 2.29. The number of carbonyl (C=O) groups is 2. The first-order chi connectivity index (χ1) is 15.0. The molecule has 0 spiro atoms. The van der Waals surface area contributed by atoms with Gasteiger partial charge in [-0.3, -0.25) is 14.9 Å². The van der Waals surface area contributed by atoms with Crippen LogP contribution in [0.25, 0.3) is 11.7 Å². The van der Waals surface area contributed by atoms with E-state index in [0.29, 0.717) is 39.6 Å². The normalized spacial score (nSPS) is 17.9. The molecule has 1 aliphatic carbocycles. The number of halogens is 1. The largest absolute Gasteiger partial charge is 0.367 e. The fourth-order valence-electron chi connectivity index (χ4n) is 3.72. The van der Waals surface area contributed by atoms with Crippen LogP contribution in [0.2, 0.25) is 5.02 Å². The van der Waals surface area contributed by atoms with Gasteiger partial charge < -0.3 is 10.6 Å². The number of anilines is 3. The van der Waals surface area contributed by atoms with Gasteiger partial charge in [-0.1, -0.05) is 25.1 Å². The van der Waals surface area contributed by atoms with E-state index in [4.69, 9.17) is 16.6 Å². The molecule has 32 heavy (non-hydrogen) atoms. The van der Waals surface area contributed by atoms with Crippen molar-refractivity contribution in [1.29, 1.82) is 0 Å². The van der Waals surface area contributed by atoms with E-state index < -0.39 is 0 Å². The lowest BCUT2D eigenvalue weighted by atomic mass is 10.1. The molecular formula is C23H25ClN6O2. The fraction of sp³-hybridized carbons (Fsp3) is 0.304. The van der Waals surface area contributed by atoms with E-state index in [1.54, 1.807) is 16.8 Å². The lowest BCUT2D eigenvalue weighted by molar-refractivity contribution is -0.124. The molecule has 1 saturated heterocycles. The van der Waals surface area contributed by atoms with E-state index in [1.807, 2.05) is 30.3 Å². The van der Waals surface area contributed by atoms with Gasteiger partial charge >= 0.3 is 0 Å². The lowest BCUT2D eigenvalue weighted by Crippen LogP contribution is -2.20. The van der Waals surface area contributed by atoms with Crippen molar-refractivity contribution in [2.75, 3.05) is 10.6 Å². The monoisotopic (exact) mass is 452 g/mol. The van der Waals surface area contributed by atoms with Crippen molar-refractivity contribution in [3.63, 3.8) is 0 Å². The first kappa shape index (κ1) is 21.8. The number of nitrogens with one attached hydrogen (secondary N) is 3. The molecule has 1 aromatic carbocycles. The molecule has 2 amide bonds. The summed E-state index contributed by atoms with van der Waals surface area (Å²) in [4.78, 5) is 28.3. The van der Waals surface area contributed by atoms with Gasteiger partial charge in [0, 0.05) is 34.0 Å². The number of benzene rings is 1. The standard InChI is InChI=1S/C22H21ClN6O2.CH4/c1-12(13-5-6-13)25-19-10-18(26-17-4-2-3-16(23)9-17)27-21-15(11-24-29(19)21)7-14-8-20(30)28-22(14)31;/h2-4,7,9-13,25H,5-6,8H2,1H3,(H,26,27)(H,28,30,31);1H4/b14-7+;/t12-;/m0./s1. The quantitative estimate of drug-likeness (QED) is 0.378. The Balaban J connectivity index is 0.00000245. The molecule has 3 N–H and O–H groups in total. The highest BCUT2D eigenvalue weighted by molar-refractivity contribution is 6.30. The molecule has 9 heteroatoms. The molecule has 3 aromatic rings. The van der Waals surface area contributed by atoms with E-state index in [2.05, 4.69) is 28.0 Å². The van der Waals surface area contributed by atoms with E-state index in [9.17, 15) is 9.59 Å². The van der Waals surface area contributed by atoms with E-state index in [0.717, 1.165) is 11.5 Å². The van der Waals surface area contributed by atoms with Crippen molar-refractivity contribution in [2.45, 2.75) is 39.7 Å². The van der Waals surface area contributed by atoms with Crippen LogP contribution >= 0.6 is 11.6 Å². The van der Waals surface area contributed by atoms with Gasteiger partial charge in [-0.05, 0) is 50.0 Å². The van der Waals surface area contributed by atoms with Crippen molar-refractivity contribution in [3.8, 4) is 0 Å². The maximum atomic E-state index is 12.0. The summed E-state index contributed by atoms with van der Waals surface area (Å²) in [5.41, 5.74) is 2.45. The zero-order valence-corrected chi connectivity index (χ0v) is 17.6. The average molecular weight is 453 g/mol. The molecule has 1 aliphatic heterocycles. The number of hydrogen-bond donors (Lipinski definition) is 3. The molecular weight excluding hydrogens is 428 g/mol. The molecule has 2 fully saturated rings. The van der Waals surface area contributed by atoms with Crippen LogP contribution in [-0.4, -0.2) is 32.5 Å². The summed E-state index contributed by atoms with van der Waals surface area (Å²) < 4.78 is 1.73. The maximum Gasteiger partial charge on any atom is 0.254 e. The van der Waals surface area contributed by atoms with Gasteiger partial charge in [-0.15, -0.1) is 0 Å². The Labute approximate surface area is 191 Å². The third-order valence-corrected chi connectivity index (χ3v) is 5.76. The van der Waals surface area contributed by atoms with E-state index >= 15 is 0 Å². The van der Waals surface area contributed by atoms with Crippen molar-refractivity contribution < 1.29 is 9.59 Å². The number of imide groups is 1. The van der Waals surface area contributed by atoms with Crippen molar-refractivity contribution in [3.05, 3.63) is 52.7 Å². The van der Waals surface area contributed by atoms with Gasteiger partial charge in [0.05, 0.1) is 12.6 Å². The topological polar surface area (TPSA) is 100 Å². The molecule has 3 heterocycles. The second-order valence-corrected chi connectivity index (χ2v) is 8.43. The summed E-state index contributed by atoms with van der Waals surface area (Å²) in [5, 5.41) is 14.2. The Morgan fingerprint density at radius 3 is 2.78 bits per heavy atom. The van der Waals surface area contributed by atoms with Crippen LogP contribution in [0.15, 0.2) is 42.1 Å². The maximum absolute atomic E-state index is 12.0. The highest BCUT2D eigenvalue weighted by atomic mass is 35.5. The van der Waals surface area contributed by atoms with E-state index in [-0.39, 0.29) is 25.7 Å². The summed E-state index contributed by atoms with van der Waals surface area (Å²) in [6.45, 7) is 2.16. The first-order valence-electron chi connectivity index (χ1n) is 10.2. The number of carbonyl (C=O) groups excluding carboxylic acids is 2. The van der Waals surface area contributed by atoms with Gasteiger partial charge in [0.25, 0.3) is 5.91 Å². The number of hydrogen-bond acceptors (Lipinski definition) is 6. The Hall–Kier alpha value is -3.39. The van der Waals surface area contributed by atoms with Crippen LogP contribution in [0.3, 0.4) is 0 Å². The van der Waals surface area contributed by atoms with E-state index in [1.165, 1.54) is 12.8 Å². The Kier molecular flexibility index (Phi) is 5.88. The molecule has 1 saturated carbocycles. The second-order valence-electron chi connectivity index (χ2n) is 7.99. The highest BCUT2D eigenvalue weighted by Crippen LogP contribution is 2.34. The van der Waals surface area contributed by atoms with Crippen molar-refractivity contribution in [1.82, 2.24) is 19.9 Å². The summed E-state index contributed by atoms with van der Waals surface area (Å²) in [5.74, 6) is 1.39. The molecule has 8 nitrogen and oxygen atoms in total. The Bertz CT molecular complexity index is 1230. The molecule has 0 unspecified atom stereocenters. The zero-order valence-electron chi connectivity index (χ0n) is 16.9. The van der Waals surface area contributed by atoms with Gasteiger partial charge in [0.2, 0.25) is 5.91 Å². The van der Waals surface area contributed by atoms with Gasteiger partial charge in [-0.2, -0.15) is 9.61 Å². The number of amides is 2. The number of fused-ring (bicyclic) bond motifs is 1. The third-order valence-electron chi connectivity index (χ3n) is 5.53.